The van der Waals surface area contributed by atoms with Gasteiger partial charge in [-0.25, -0.2) is 10.1 Å². The van der Waals surface area contributed by atoms with Gasteiger partial charge < -0.3 is 0 Å². The summed E-state index contributed by atoms with van der Waals surface area (Å²) in [7, 11) is 1.67. The minimum atomic E-state index is -0.355. The van der Waals surface area contributed by atoms with E-state index in [-0.39, 0.29) is 6.04 Å². The first-order valence-electron chi connectivity index (χ1n) is 7.00. The summed E-state index contributed by atoms with van der Waals surface area (Å²) in [5.74, 6) is 0.567. The Labute approximate surface area is 133 Å². The van der Waals surface area contributed by atoms with Gasteiger partial charge in [0.2, 0.25) is 0 Å². The zero-order valence-corrected chi connectivity index (χ0v) is 13.1. The van der Waals surface area contributed by atoms with Crippen LogP contribution in [0.5, 0.6) is 0 Å². The van der Waals surface area contributed by atoms with Crippen molar-refractivity contribution in [2.45, 2.75) is 13.0 Å². The van der Waals surface area contributed by atoms with E-state index in [0.29, 0.717) is 16.6 Å². The van der Waals surface area contributed by atoms with Crippen molar-refractivity contribution in [3.63, 3.8) is 0 Å². The van der Waals surface area contributed by atoms with Gasteiger partial charge in [0, 0.05) is 22.9 Å². The molecule has 0 aromatic heterocycles. The molecule has 22 heavy (non-hydrogen) atoms. The third-order valence-corrected chi connectivity index (χ3v) is 3.93. The van der Waals surface area contributed by atoms with E-state index in [1.54, 1.807) is 13.1 Å². The van der Waals surface area contributed by atoms with Gasteiger partial charge in [-0.3, -0.25) is 10.2 Å². The Hall–Kier alpha value is -2.17. The SMILES string of the molecule is CN=C1N=c2ccc(Cl)cc2=C(c2ccccc2)N(O)C1C. The molecule has 0 amide bonds. The zero-order chi connectivity index (χ0) is 15.7. The van der Waals surface area contributed by atoms with Crippen molar-refractivity contribution in [2.75, 3.05) is 7.05 Å². The fourth-order valence-electron chi connectivity index (χ4n) is 2.56. The zero-order valence-electron chi connectivity index (χ0n) is 12.4. The van der Waals surface area contributed by atoms with Gasteiger partial charge in [-0.05, 0) is 25.1 Å². The van der Waals surface area contributed by atoms with Crippen LogP contribution in [0.15, 0.2) is 58.5 Å². The molecule has 3 rings (SSSR count). The number of fused-ring (bicyclic) bond motifs is 1. The average molecular weight is 314 g/mol. The Morgan fingerprint density at radius 2 is 1.91 bits per heavy atom. The van der Waals surface area contributed by atoms with Crippen LogP contribution in [0.2, 0.25) is 5.02 Å². The van der Waals surface area contributed by atoms with Gasteiger partial charge in [-0.2, -0.15) is 0 Å². The number of nitrogens with zero attached hydrogens (tertiary/aromatic N) is 3. The Kier molecular flexibility index (Phi) is 3.96. The molecule has 0 fully saturated rings. The monoisotopic (exact) mass is 313 g/mol. The van der Waals surface area contributed by atoms with Crippen molar-refractivity contribution in [1.29, 1.82) is 0 Å². The lowest BCUT2D eigenvalue weighted by Crippen LogP contribution is -2.36. The van der Waals surface area contributed by atoms with Crippen LogP contribution < -0.4 is 10.6 Å². The molecular formula is C17H16ClN3O. The molecule has 1 N–H and O–H groups in total. The highest BCUT2D eigenvalue weighted by Gasteiger charge is 2.24. The minimum absolute atomic E-state index is 0.355. The molecular weight excluding hydrogens is 298 g/mol. The van der Waals surface area contributed by atoms with E-state index in [1.165, 1.54) is 5.06 Å². The van der Waals surface area contributed by atoms with Gasteiger partial charge in [-0.1, -0.05) is 41.9 Å². The van der Waals surface area contributed by atoms with E-state index in [1.807, 2.05) is 49.4 Å². The van der Waals surface area contributed by atoms with E-state index in [2.05, 4.69) is 9.98 Å². The second kappa shape index (κ2) is 5.91. The predicted molar refractivity (Wildman–Crippen MR) is 87.6 cm³/mol. The Morgan fingerprint density at radius 3 is 2.59 bits per heavy atom. The average Bonchev–Trinajstić information content (AvgIpc) is 2.64. The molecule has 1 aliphatic rings. The van der Waals surface area contributed by atoms with E-state index >= 15 is 0 Å². The van der Waals surface area contributed by atoms with Crippen molar-refractivity contribution >= 4 is 23.1 Å². The smallest absolute Gasteiger partial charge is 0.148 e. The largest absolute Gasteiger partial charge is 0.288 e. The van der Waals surface area contributed by atoms with Crippen molar-refractivity contribution in [3.05, 3.63) is 69.7 Å². The summed E-state index contributed by atoms with van der Waals surface area (Å²) >= 11 is 6.15. The van der Waals surface area contributed by atoms with Gasteiger partial charge in [0.1, 0.15) is 11.9 Å². The lowest BCUT2D eigenvalue weighted by molar-refractivity contribution is -0.0405. The first-order chi connectivity index (χ1) is 10.6. The maximum atomic E-state index is 10.7. The third-order valence-electron chi connectivity index (χ3n) is 3.69. The highest BCUT2D eigenvalue weighted by Crippen LogP contribution is 2.19. The topological polar surface area (TPSA) is 48.2 Å². The first-order valence-corrected chi connectivity index (χ1v) is 7.38. The van der Waals surface area contributed by atoms with Crippen LogP contribution in [-0.2, 0) is 0 Å². The molecule has 112 valence electrons. The molecule has 5 heteroatoms. The first kappa shape index (κ1) is 14.8. The molecule has 0 aliphatic carbocycles. The number of hydrogen-bond donors (Lipinski definition) is 1. The van der Waals surface area contributed by atoms with Crippen LogP contribution in [0.1, 0.15) is 12.5 Å². The highest BCUT2D eigenvalue weighted by atomic mass is 35.5. The van der Waals surface area contributed by atoms with Gasteiger partial charge in [-0.15, -0.1) is 0 Å². The summed E-state index contributed by atoms with van der Waals surface area (Å²) in [6, 6.07) is 14.8. The summed E-state index contributed by atoms with van der Waals surface area (Å²) in [5.41, 5.74) is 1.57. The number of amidine groups is 1. The maximum absolute atomic E-state index is 10.7. The van der Waals surface area contributed by atoms with Crippen LogP contribution in [0, 0.1) is 0 Å². The molecule has 0 spiro atoms. The maximum Gasteiger partial charge on any atom is 0.148 e. The van der Waals surface area contributed by atoms with Gasteiger partial charge in [0.25, 0.3) is 0 Å². The minimum Gasteiger partial charge on any atom is -0.288 e. The fraction of sp³-hybridized carbons (Fsp3) is 0.176. The van der Waals surface area contributed by atoms with Gasteiger partial charge in [0.15, 0.2) is 0 Å². The Morgan fingerprint density at radius 1 is 1.18 bits per heavy atom. The number of rotatable bonds is 1. The van der Waals surface area contributed by atoms with Crippen LogP contribution in [0.4, 0.5) is 0 Å². The van der Waals surface area contributed by atoms with Crippen LogP contribution in [-0.4, -0.2) is 29.2 Å². The number of halogens is 1. The van der Waals surface area contributed by atoms with Crippen LogP contribution >= 0.6 is 11.6 Å². The molecule has 2 aromatic rings. The molecule has 4 nitrogen and oxygen atoms in total. The second-order valence-electron chi connectivity index (χ2n) is 5.09. The number of hydroxylamine groups is 2. The summed E-state index contributed by atoms with van der Waals surface area (Å²) in [5, 5.41) is 14.1. The van der Waals surface area contributed by atoms with Crippen molar-refractivity contribution in [1.82, 2.24) is 5.06 Å². The number of benzene rings is 2. The molecule has 0 saturated heterocycles. The summed E-state index contributed by atoms with van der Waals surface area (Å²) < 4.78 is 0. The summed E-state index contributed by atoms with van der Waals surface area (Å²) in [4.78, 5) is 8.77. The van der Waals surface area contributed by atoms with E-state index in [9.17, 15) is 5.21 Å². The van der Waals surface area contributed by atoms with Crippen molar-refractivity contribution in [2.24, 2.45) is 9.98 Å². The molecule has 0 radical (unpaired) electrons. The Bertz CT molecular complexity index is 846. The number of aliphatic imine (C=N–C) groups is 1. The lowest BCUT2D eigenvalue weighted by Gasteiger charge is -2.25. The summed E-state index contributed by atoms with van der Waals surface area (Å²) in [6.07, 6.45) is 0. The Balaban J connectivity index is 2.45. The molecule has 2 aromatic carbocycles. The normalized spacial score (nSPS) is 19.6. The molecule has 1 heterocycles. The van der Waals surface area contributed by atoms with Crippen LogP contribution in [0.25, 0.3) is 5.70 Å². The predicted octanol–water partition coefficient (Wildman–Crippen LogP) is 2.24. The quantitative estimate of drug-likeness (QED) is 0.877. The fourth-order valence-corrected chi connectivity index (χ4v) is 2.73. The van der Waals surface area contributed by atoms with Crippen LogP contribution in [0.3, 0.4) is 0 Å². The molecule has 1 unspecified atom stereocenters. The molecule has 0 bridgehead atoms. The third kappa shape index (κ3) is 2.51. The molecule has 0 saturated carbocycles. The van der Waals surface area contributed by atoms with Gasteiger partial charge >= 0.3 is 0 Å². The van der Waals surface area contributed by atoms with E-state index in [0.717, 1.165) is 16.1 Å². The highest BCUT2D eigenvalue weighted by molar-refractivity contribution is 6.30. The standard InChI is InChI=1S/C17H16ClN3O/c1-11-17(19-2)20-15-9-8-13(18)10-14(15)16(21(11)22)12-6-4-3-5-7-12/h3-11,22H,1-2H3. The van der Waals surface area contributed by atoms with E-state index < -0.39 is 0 Å². The summed E-state index contributed by atoms with van der Waals surface area (Å²) in [6.45, 7) is 1.86. The van der Waals surface area contributed by atoms with Gasteiger partial charge in [0.05, 0.1) is 11.1 Å². The second-order valence-corrected chi connectivity index (χ2v) is 5.53. The number of hydrogen-bond acceptors (Lipinski definition) is 3. The molecule has 1 atom stereocenters. The van der Waals surface area contributed by atoms with Crippen molar-refractivity contribution < 1.29 is 5.21 Å². The lowest BCUT2D eigenvalue weighted by atomic mass is 10.1. The molecule has 1 aliphatic heterocycles. The van der Waals surface area contributed by atoms with E-state index in [4.69, 9.17) is 11.6 Å². The van der Waals surface area contributed by atoms with Crippen molar-refractivity contribution in [3.8, 4) is 0 Å².